The number of aliphatic hydroxyl groups excluding tert-OH is 2. The van der Waals surface area contributed by atoms with Crippen molar-refractivity contribution in [2.45, 2.75) is 321 Å². The van der Waals surface area contributed by atoms with Crippen LogP contribution in [-0.2, 0) is 14.3 Å². The molecule has 0 rings (SSSR count). The molecule has 6 nitrogen and oxygen atoms in total. The summed E-state index contributed by atoms with van der Waals surface area (Å²) in [5.41, 5.74) is 0. The highest BCUT2D eigenvalue weighted by molar-refractivity contribution is 5.76. The van der Waals surface area contributed by atoms with E-state index >= 15 is 0 Å². The molecular weight excluding hydrogens is 743 g/mol. The van der Waals surface area contributed by atoms with Gasteiger partial charge < -0.3 is 20.3 Å². The van der Waals surface area contributed by atoms with Gasteiger partial charge in [0.2, 0.25) is 5.91 Å². The number of carbonyl (C=O) groups excluding carboxylic acids is 2. The van der Waals surface area contributed by atoms with E-state index < -0.39 is 12.1 Å². The Labute approximate surface area is 375 Å². The number of esters is 1. The Morgan fingerprint density at radius 3 is 1.02 bits per heavy atom. The van der Waals surface area contributed by atoms with Gasteiger partial charge in [-0.2, -0.15) is 0 Å². The molecule has 6 heteroatoms. The van der Waals surface area contributed by atoms with Gasteiger partial charge >= 0.3 is 5.97 Å². The van der Waals surface area contributed by atoms with Crippen LogP contribution in [0.25, 0.3) is 0 Å². The number of amides is 1. The van der Waals surface area contributed by atoms with E-state index in [0.29, 0.717) is 25.9 Å². The molecule has 0 radical (unpaired) electrons. The van der Waals surface area contributed by atoms with Crippen molar-refractivity contribution in [2.75, 3.05) is 13.2 Å². The molecule has 3 N–H and O–H groups in total. The number of ether oxygens (including phenoxy) is 1. The Bertz CT molecular complexity index is 852. The van der Waals surface area contributed by atoms with Gasteiger partial charge in [-0.1, -0.05) is 271 Å². The number of nitrogens with one attached hydrogen (secondary N) is 1. The molecule has 2 atom stereocenters. The normalized spacial score (nSPS) is 12.5. The van der Waals surface area contributed by atoms with Crippen LogP contribution in [0, 0.1) is 0 Å². The third-order valence-electron chi connectivity index (χ3n) is 12.9. The fourth-order valence-electron chi connectivity index (χ4n) is 8.70. The maximum Gasteiger partial charge on any atom is 0.305 e. The quantitative estimate of drug-likeness (QED) is 0.0418. The Hall–Kier alpha value is -1.14. The van der Waals surface area contributed by atoms with E-state index in [1.807, 2.05) is 0 Å². The van der Waals surface area contributed by atoms with Gasteiger partial charge in [0.05, 0.1) is 25.4 Å². The molecule has 60 heavy (non-hydrogen) atoms. The first-order valence-corrected chi connectivity index (χ1v) is 27.3. The standard InChI is InChI=1S/C54H107NO5/c1-3-5-7-9-11-13-14-24-28-32-36-40-44-48-54(59)60-49-45-41-37-33-29-26-23-21-19-17-15-16-18-20-22-25-27-31-35-39-43-47-53(58)55-51(50-56)52(57)46-42-38-34-30-12-10-8-6-4-2/h51-52,56-57H,3-50H2,1-2H3,(H,55,58). The van der Waals surface area contributed by atoms with Crippen molar-refractivity contribution in [3.63, 3.8) is 0 Å². The van der Waals surface area contributed by atoms with Crippen LogP contribution >= 0.6 is 0 Å². The van der Waals surface area contributed by atoms with E-state index in [0.717, 1.165) is 38.5 Å². The summed E-state index contributed by atoms with van der Waals surface area (Å²) in [4.78, 5) is 24.4. The van der Waals surface area contributed by atoms with E-state index in [4.69, 9.17) is 4.74 Å². The fraction of sp³-hybridized carbons (Fsp3) is 0.963. The molecule has 0 aromatic carbocycles. The molecule has 0 saturated heterocycles. The molecule has 0 aliphatic rings. The lowest BCUT2D eigenvalue weighted by atomic mass is 10.0. The highest BCUT2D eigenvalue weighted by Crippen LogP contribution is 2.17. The van der Waals surface area contributed by atoms with Crippen molar-refractivity contribution in [3.05, 3.63) is 0 Å². The summed E-state index contributed by atoms with van der Waals surface area (Å²) in [6.45, 7) is 4.94. The third kappa shape index (κ3) is 46.4. The van der Waals surface area contributed by atoms with Crippen molar-refractivity contribution in [1.82, 2.24) is 5.32 Å². The highest BCUT2D eigenvalue weighted by Gasteiger charge is 2.20. The minimum atomic E-state index is -0.661. The second-order valence-electron chi connectivity index (χ2n) is 18.9. The van der Waals surface area contributed by atoms with Crippen LogP contribution in [0.1, 0.15) is 309 Å². The second kappa shape index (κ2) is 50.5. The lowest BCUT2D eigenvalue weighted by Gasteiger charge is -2.22. The van der Waals surface area contributed by atoms with Gasteiger partial charge in [-0.3, -0.25) is 9.59 Å². The number of hydrogen-bond acceptors (Lipinski definition) is 5. The molecule has 0 aromatic rings. The second-order valence-corrected chi connectivity index (χ2v) is 18.9. The number of carbonyl (C=O) groups is 2. The Morgan fingerprint density at radius 2 is 0.683 bits per heavy atom. The number of rotatable bonds is 51. The molecule has 2 unspecified atom stereocenters. The van der Waals surface area contributed by atoms with Crippen molar-refractivity contribution in [3.8, 4) is 0 Å². The van der Waals surface area contributed by atoms with E-state index in [1.165, 1.54) is 238 Å². The molecule has 1 amide bonds. The molecule has 0 aliphatic carbocycles. The predicted molar refractivity (Wildman–Crippen MR) is 260 cm³/mol. The molecule has 0 aromatic heterocycles. The van der Waals surface area contributed by atoms with Crippen LogP contribution < -0.4 is 5.32 Å². The zero-order chi connectivity index (χ0) is 43.7. The molecule has 0 spiro atoms. The summed E-state index contributed by atoms with van der Waals surface area (Å²) in [7, 11) is 0. The zero-order valence-electron chi connectivity index (χ0n) is 40.7. The summed E-state index contributed by atoms with van der Waals surface area (Å²) >= 11 is 0. The van der Waals surface area contributed by atoms with Crippen LogP contribution in [-0.4, -0.2) is 47.4 Å². The van der Waals surface area contributed by atoms with Crippen LogP contribution in [0.5, 0.6) is 0 Å². The van der Waals surface area contributed by atoms with Crippen LogP contribution in [0.15, 0.2) is 0 Å². The minimum absolute atomic E-state index is 0.0139. The van der Waals surface area contributed by atoms with Gasteiger partial charge in [-0.05, 0) is 25.7 Å². The summed E-state index contributed by atoms with van der Waals surface area (Å²) < 4.78 is 5.47. The average Bonchev–Trinajstić information content (AvgIpc) is 3.25. The van der Waals surface area contributed by atoms with Gasteiger partial charge in [-0.25, -0.2) is 0 Å². The molecule has 0 bridgehead atoms. The molecule has 0 saturated carbocycles. The maximum absolute atomic E-state index is 12.4. The monoisotopic (exact) mass is 850 g/mol. The summed E-state index contributed by atoms with van der Waals surface area (Å²) in [5, 5.41) is 23.1. The van der Waals surface area contributed by atoms with Gasteiger partial charge in [0.1, 0.15) is 0 Å². The summed E-state index contributed by atoms with van der Waals surface area (Å²) in [6.07, 6.45) is 56.7. The highest BCUT2D eigenvalue weighted by atomic mass is 16.5. The summed E-state index contributed by atoms with van der Waals surface area (Å²) in [5.74, 6) is -0.0232. The van der Waals surface area contributed by atoms with Gasteiger partial charge in [0.15, 0.2) is 0 Å². The van der Waals surface area contributed by atoms with E-state index in [1.54, 1.807) is 0 Å². The molecule has 358 valence electrons. The van der Waals surface area contributed by atoms with Crippen molar-refractivity contribution < 1.29 is 24.5 Å². The van der Waals surface area contributed by atoms with Crippen LogP contribution in [0.4, 0.5) is 0 Å². The first-order valence-electron chi connectivity index (χ1n) is 27.3. The van der Waals surface area contributed by atoms with Gasteiger partial charge in [0.25, 0.3) is 0 Å². The number of aliphatic hydroxyl groups is 2. The Balaban J connectivity index is 3.34. The van der Waals surface area contributed by atoms with E-state index in [-0.39, 0.29) is 18.5 Å². The minimum Gasteiger partial charge on any atom is -0.466 e. The fourth-order valence-corrected chi connectivity index (χ4v) is 8.70. The SMILES string of the molecule is CCCCCCCCCCCCCCCC(=O)OCCCCCCCCCCCCCCCCCCCCCCCC(=O)NC(CO)C(O)CCCCCCCCCCC. The van der Waals surface area contributed by atoms with Crippen molar-refractivity contribution in [1.29, 1.82) is 0 Å². The maximum atomic E-state index is 12.4. The van der Waals surface area contributed by atoms with Crippen LogP contribution in [0.3, 0.4) is 0 Å². The lowest BCUT2D eigenvalue weighted by molar-refractivity contribution is -0.143. The average molecular weight is 850 g/mol. The molecule has 0 heterocycles. The zero-order valence-corrected chi connectivity index (χ0v) is 40.7. The number of unbranched alkanes of at least 4 members (excludes halogenated alkanes) is 40. The van der Waals surface area contributed by atoms with Gasteiger partial charge in [0, 0.05) is 12.8 Å². The lowest BCUT2D eigenvalue weighted by Crippen LogP contribution is -2.45. The summed E-state index contributed by atoms with van der Waals surface area (Å²) in [6, 6.07) is -0.538. The topological polar surface area (TPSA) is 95.9 Å². The van der Waals surface area contributed by atoms with E-state index in [2.05, 4.69) is 19.2 Å². The van der Waals surface area contributed by atoms with Crippen LogP contribution in [0.2, 0.25) is 0 Å². The van der Waals surface area contributed by atoms with Crippen molar-refractivity contribution >= 4 is 11.9 Å². The van der Waals surface area contributed by atoms with E-state index in [9.17, 15) is 19.8 Å². The molecule has 0 aliphatic heterocycles. The largest absolute Gasteiger partial charge is 0.466 e. The van der Waals surface area contributed by atoms with Gasteiger partial charge in [-0.15, -0.1) is 0 Å². The number of hydrogen-bond donors (Lipinski definition) is 3. The smallest absolute Gasteiger partial charge is 0.305 e. The predicted octanol–water partition coefficient (Wildman–Crippen LogP) is 16.4. The van der Waals surface area contributed by atoms with Crippen molar-refractivity contribution in [2.24, 2.45) is 0 Å². The first-order chi connectivity index (χ1) is 29.5. The Kier molecular flexibility index (Phi) is 49.5. The molecular formula is C54H107NO5. The third-order valence-corrected chi connectivity index (χ3v) is 12.9. The Morgan fingerprint density at radius 1 is 0.400 bits per heavy atom. The molecule has 0 fully saturated rings. The first kappa shape index (κ1) is 58.9.